The van der Waals surface area contributed by atoms with Gasteiger partial charge in [-0.15, -0.1) is 0 Å². The van der Waals surface area contributed by atoms with E-state index in [-0.39, 0.29) is 17.7 Å². The molecule has 1 saturated heterocycles. The summed E-state index contributed by atoms with van der Waals surface area (Å²) < 4.78 is 0. The van der Waals surface area contributed by atoms with Gasteiger partial charge in [-0.3, -0.25) is 9.59 Å². The monoisotopic (exact) mass is 314 g/mol. The van der Waals surface area contributed by atoms with Crippen molar-refractivity contribution < 1.29 is 9.59 Å². The Hall–Kier alpha value is -1.68. The number of Topliss-reactive ketones (excluding diaryl/α,β-unsaturated/α-hetero) is 1. The first kappa shape index (κ1) is 16.2. The van der Waals surface area contributed by atoms with Crippen LogP contribution in [0, 0.1) is 0 Å². The molecule has 1 unspecified atom stereocenters. The van der Waals surface area contributed by atoms with E-state index in [9.17, 15) is 9.59 Å². The summed E-state index contributed by atoms with van der Waals surface area (Å²) in [6.45, 7) is 6.86. The number of nitrogens with zero attached hydrogens (tertiary/aromatic N) is 1. The molecule has 1 saturated carbocycles. The second kappa shape index (κ2) is 6.44. The molecule has 0 aromatic heterocycles. The van der Waals surface area contributed by atoms with Crippen LogP contribution in [-0.2, 0) is 10.2 Å². The lowest BCUT2D eigenvalue weighted by Crippen LogP contribution is -2.45. The van der Waals surface area contributed by atoms with Crippen LogP contribution in [0.4, 0.5) is 0 Å². The molecule has 3 rings (SSSR count). The third-order valence-corrected chi connectivity index (χ3v) is 5.11. The lowest BCUT2D eigenvalue weighted by atomic mass is 9.92. The highest BCUT2D eigenvalue weighted by atomic mass is 16.2. The Labute approximate surface area is 138 Å². The molecule has 1 N–H and O–H groups in total. The van der Waals surface area contributed by atoms with Crippen molar-refractivity contribution in [3.05, 3.63) is 35.4 Å². The van der Waals surface area contributed by atoms with Crippen molar-refractivity contribution in [1.82, 2.24) is 10.2 Å². The fourth-order valence-corrected chi connectivity index (χ4v) is 3.57. The third-order valence-electron chi connectivity index (χ3n) is 5.11. The van der Waals surface area contributed by atoms with E-state index in [4.69, 9.17) is 0 Å². The van der Waals surface area contributed by atoms with Gasteiger partial charge < -0.3 is 10.2 Å². The molecule has 124 valence electrons. The van der Waals surface area contributed by atoms with E-state index in [0.29, 0.717) is 5.56 Å². The minimum Gasteiger partial charge on any atom is -0.352 e. The van der Waals surface area contributed by atoms with Gasteiger partial charge in [-0.25, -0.2) is 0 Å². The van der Waals surface area contributed by atoms with Gasteiger partial charge in [-0.05, 0) is 64.3 Å². The Balaban J connectivity index is 1.66. The summed E-state index contributed by atoms with van der Waals surface area (Å²) in [5.74, 6) is 0.162. The molecule has 2 aliphatic rings. The summed E-state index contributed by atoms with van der Waals surface area (Å²) in [6.07, 6.45) is 4.28. The molecule has 4 heteroatoms. The van der Waals surface area contributed by atoms with E-state index < -0.39 is 5.41 Å². The number of hydrogen-bond donors (Lipinski definition) is 1. The molecule has 1 aliphatic heterocycles. The van der Waals surface area contributed by atoms with Crippen LogP contribution >= 0.6 is 0 Å². The van der Waals surface area contributed by atoms with Gasteiger partial charge in [-0.2, -0.15) is 0 Å². The Kier molecular flexibility index (Phi) is 4.53. The van der Waals surface area contributed by atoms with Crippen LogP contribution in [0.5, 0.6) is 0 Å². The first-order valence-electron chi connectivity index (χ1n) is 8.66. The van der Waals surface area contributed by atoms with Crippen LogP contribution in [0.25, 0.3) is 0 Å². The smallest absolute Gasteiger partial charge is 0.230 e. The Morgan fingerprint density at radius 3 is 2.57 bits per heavy atom. The van der Waals surface area contributed by atoms with Crippen LogP contribution in [0.1, 0.15) is 55.5 Å². The maximum atomic E-state index is 12.8. The van der Waals surface area contributed by atoms with Gasteiger partial charge in [0.15, 0.2) is 5.78 Å². The summed E-state index contributed by atoms with van der Waals surface area (Å²) in [5.41, 5.74) is 1.26. The van der Waals surface area contributed by atoms with E-state index in [2.05, 4.69) is 17.1 Å². The predicted molar refractivity (Wildman–Crippen MR) is 90.6 cm³/mol. The van der Waals surface area contributed by atoms with Gasteiger partial charge in [-0.1, -0.05) is 18.2 Å². The standard InChI is InChI=1S/C19H26N2O2/c1-14(13-21-10-3-4-11-21)20-18(23)19(8-9-19)17-7-5-6-16(12-17)15(2)22/h5-7,12,14H,3-4,8-11,13H2,1-2H3,(H,20,23). The fourth-order valence-electron chi connectivity index (χ4n) is 3.57. The van der Waals surface area contributed by atoms with Crippen LogP contribution in [0.2, 0.25) is 0 Å². The van der Waals surface area contributed by atoms with Crippen molar-refractivity contribution in [3.8, 4) is 0 Å². The average molecular weight is 314 g/mol. The van der Waals surface area contributed by atoms with E-state index in [1.807, 2.05) is 24.3 Å². The zero-order valence-corrected chi connectivity index (χ0v) is 14.1. The topological polar surface area (TPSA) is 49.4 Å². The summed E-state index contributed by atoms with van der Waals surface area (Å²) in [4.78, 5) is 26.8. The van der Waals surface area contributed by atoms with Crippen molar-refractivity contribution in [2.45, 2.75) is 51.0 Å². The second-order valence-corrected chi connectivity index (χ2v) is 7.10. The first-order valence-corrected chi connectivity index (χ1v) is 8.66. The van der Waals surface area contributed by atoms with Gasteiger partial charge >= 0.3 is 0 Å². The van der Waals surface area contributed by atoms with Crippen molar-refractivity contribution >= 4 is 11.7 Å². The average Bonchev–Trinajstić information content (AvgIpc) is 3.20. The molecule has 1 atom stereocenters. The minimum atomic E-state index is -0.412. The molecule has 0 radical (unpaired) electrons. The summed E-state index contributed by atoms with van der Waals surface area (Å²) in [6, 6.07) is 7.72. The number of carbonyl (C=O) groups is 2. The molecule has 1 aromatic carbocycles. The Morgan fingerprint density at radius 2 is 1.96 bits per heavy atom. The predicted octanol–water partition coefficient (Wildman–Crippen LogP) is 2.52. The number of likely N-dealkylation sites (tertiary alicyclic amines) is 1. The highest BCUT2D eigenvalue weighted by molar-refractivity contribution is 5.96. The van der Waals surface area contributed by atoms with E-state index >= 15 is 0 Å². The largest absolute Gasteiger partial charge is 0.352 e. The molecule has 1 aromatic rings. The van der Waals surface area contributed by atoms with Crippen molar-refractivity contribution in [1.29, 1.82) is 0 Å². The number of carbonyl (C=O) groups excluding carboxylic acids is 2. The van der Waals surface area contributed by atoms with Gasteiger partial charge in [0.1, 0.15) is 0 Å². The lowest BCUT2D eigenvalue weighted by Gasteiger charge is -2.24. The number of benzene rings is 1. The molecule has 2 fully saturated rings. The molecule has 0 spiro atoms. The molecule has 0 bridgehead atoms. The number of hydrogen-bond acceptors (Lipinski definition) is 3. The van der Waals surface area contributed by atoms with E-state index in [0.717, 1.165) is 38.0 Å². The summed E-state index contributed by atoms with van der Waals surface area (Å²) in [7, 11) is 0. The highest BCUT2D eigenvalue weighted by Crippen LogP contribution is 2.48. The lowest BCUT2D eigenvalue weighted by molar-refractivity contribution is -0.124. The third kappa shape index (κ3) is 3.47. The maximum Gasteiger partial charge on any atom is 0.230 e. The normalized spacial score (nSPS) is 21.0. The first-order chi connectivity index (χ1) is 11.0. The van der Waals surface area contributed by atoms with Gasteiger partial charge in [0.25, 0.3) is 0 Å². The second-order valence-electron chi connectivity index (χ2n) is 7.10. The SMILES string of the molecule is CC(=O)c1cccc(C2(C(=O)NC(C)CN3CCCC3)CC2)c1. The van der Waals surface area contributed by atoms with Crippen molar-refractivity contribution in [2.24, 2.45) is 0 Å². The zero-order valence-electron chi connectivity index (χ0n) is 14.1. The van der Waals surface area contributed by atoms with E-state index in [1.54, 1.807) is 6.92 Å². The quantitative estimate of drug-likeness (QED) is 0.821. The zero-order chi connectivity index (χ0) is 16.4. The molecule has 1 aliphatic carbocycles. The van der Waals surface area contributed by atoms with Gasteiger partial charge in [0, 0.05) is 18.2 Å². The van der Waals surface area contributed by atoms with Crippen LogP contribution in [-0.4, -0.2) is 42.3 Å². The molecular formula is C19H26N2O2. The van der Waals surface area contributed by atoms with E-state index in [1.165, 1.54) is 12.8 Å². The molecule has 4 nitrogen and oxygen atoms in total. The fraction of sp³-hybridized carbons (Fsp3) is 0.579. The number of ketones is 1. The molecule has 23 heavy (non-hydrogen) atoms. The van der Waals surface area contributed by atoms with Crippen LogP contribution in [0.3, 0.4) is 0 Å². The molecular weight excluding hydrogens is 288 g/mol. The summed E-state index contributed by atoms with van der Waals surface area (Å²) in [5, 5.41) is 3.19. The maximum absolute atomic E-state index is 12.8. The summed E-state index contributed by atoms with van der Waals surface area (Å²) >= 11 is 0. The minimum absolute atomic E-state index is 0.0467. The van der Waals surface area contributed by atoms with Gasteiger partial charge in [0.2, 0.25) is 5.91 Å². The van der Waals surface area contributed by atoms with Crippen LogP contribution in [0.15, 0.2) is 24.3 Å². The van der Waals surface area contributed by atoms with Crippen molar-refractivity contribution in [3.63, 3.8) is 0 Å². The highest BCUT2D eigenvalue weighted by Gasteiger charge is 2.51. The van der Waals surface area contributed by atoms with Gasteiger partial charge in [0.05, 0.1) is 5.41 Å². The number of nitrogens with one attached hydrogen (secondary N) is 1. The Morgan fingerprint density at radius 1 is 1.26 bits per heavy atom. The Bertz CT molecular complexity index is 601. The van der Waals surface area contributed by atoms with Crippen LogP contribution < -0.4 is 5.32 Å². The van der Waals surface area contributed by atoms with Crippen molar-refractivity contribution in [2.75, 3.05) is 19.6 Å². The molecule has 1 heterocycles. The number of amides is 1. The number of rotatable bonds is 6. The molecule has 1 amide bonds.